The molecule has 0 aromatic rings. The number of piperidine rings is 1. The van der Waals surface area contributed by atoms with Crippen molar-refractivity contribution >= 4 is 5.97 Å². The molecule has 2 saturated heterocycles. The highest BCUT2D eigenvalue weighted by Gasteiger charge is 2.53. The smallest absolute Gasteiger partial charge is 0.303 e. The van der Waals surface area contributed by atoms with Crippen molar-refractivity contribution in [3.63, 3.8) is 0 Å². The molecule has 0 spiro atoms. The van der Waals surface area contributed by atoms with E-state index >= 15 is 0 Å². The van der Waals surface area contributed by atoms with Crippen molar-refractivity contribution in [3.05, 3.63) is 18.1 Å². The zero-order valence-corrected chi connectivity index (χ0v) is 18.4. The van der Waals surface area contributed by atoms with Gasteiger partial charge in [-0.15, -0.1) is 0 Å². The number of esters is 1. The maximum atomic E-state index is 11.7. The minimum absolute atomic E-state index is 0.0361. The van der Waals surface area contributed by atoms with Gasteiger partial charge in [0.2, 0.25) is 0 Å². The van der Waals surface area contributed by atoms with Crippen molar-refractivity contribution in [2.45, 2.75) is 83.6 Å². The summed E-state index contributed by atoms with van der Waals surface area (Å²) in [6.07, 6.45) is 10.8. The second-order valence-electron chi connectivity index (χ2n) is 9.99. The van der Waals surface area contributed by atoms with Gasteiger partial charge in [-0.2, -0.15) is 0 Å². The van der Waals surface area contributed by atoms with Gasteiger partial charge >= 0.3 is 5.97 Å². The third kappa shape index (κ3) is 4.03. The first-order valence-electron chi connectivity index (χ1n) is 11.5. The molecule has 8 atom stereocenters. The highest BCUT2D eigenvalue weighted by atomic mass is 16.5. The Morgan fingerprint density at radius 1 is 1.34 bits per heavy atom. The summed E-state index contributed by atoms with van der Waals surface area (Å²) in [6, 6.07) is 1.11. The van der Waals surface area contributed by atoms with Crippen LogP contribution in [0.15, 0.2) is 11.6 Å². The van der Waals surface area contributed by atoms with Gasteiger partial charge in [0.05, 0.1) is 25.2 Å². The van der Waals surface area contributed by atoms with Gasteiger partial charge in [0.25, 0.3) is 0 Å². The van der Waals surface area contributed by atoms with E-state index in [0.717, 1.165) is 38.2 Å². The van der Waals surface area contributed by atoms with Gasteiger partial charge in [-0.3, -0.25) is 9.69 Å². The van der Waals surface area contributed by atoms with E-state index in [0.29, 0.717) is 23.9 Å². The van der Waals surface area contributed by atoms with Crippen molar-refractivity contribution in [1.82, 2.24) is 4.90 Å². The lowest BCUT2D eigenvalue weighted by molar-refractivity contribution is -0.148. The molecule has 2 unspecified atom stereocenters. The third-order valence-electron chi connectivity index (χ3n) is 8.02. The predicted octanol–water partition coefficient (Wildman–Crippen LogP) is 3.24. The molecule has 1 saturated carbocycles. The van der Waals surface area contributed by atoms with Crippen LogP contribution in [0.25, 0.3) is 0 Å². The van der Waals surface area contributed by atoms with E-state index < -0.39 is 11.7 Å². The van der Waals surface area contributed by atoms with E-state index in [1.807, 2.05) is 6.92 Å². The molecule has 2 bridgehead atoms. The second-order valence-corrected chi connectivity index (χ2v) is 9.99. The summed E-state index contributed by atoms with van der Waals surface area (Å²) in [7, 11) is 0. The summed E-state index contributed by atoms with van der Waals surface area (Å²) in [5.74, 6) is 0.705. The number of ether oxygens (including phenoxy) is 2. The van der Waals surface area contributed by atoms with Crippen molar-refractivity contribution in [1.29, 1.82) is 0 Å². The van der Waals surface area contributed by atoms with Crippen LogP contribution in [-0.4, -0.2) is 59.5 Å². The molecule has 2 aliphatic heterocycles. The molecule has 162 valence electrons. The molecular formula is C24H37NO4. The molecule has 3 fully saturated rings. The molecule has 1 N–H and O–H groups in total. The average molecular weight is 404 g/mol. The minimum atomic E-state index is -1.03. The van der Waals surface area contributed by atoms with Gasteiger partial charge < -0.3 is 14.6 Å². The summed E-state index contributed by atoms with van der Waals surface area (Å²) in [4.78, 5) is 14.2. The van der Waals surface area contributed by atoms with Crippen LogP contribution in [0.2, 0.25) is 0 Å². The van der Waals surface area contributed by atoms with Crippen LogP contribution in [-0.2, 0) is 14.3 Å². The summed E-state index contributed by atoms with van der Waals surface area (Å²) >= 11 is 0. The third-order valence-corrected chi connectivity index (χ3v) is 8.02. The van der Waals surface area contributed by atoms with Crippen LogP contribution >= 0.6 is 0 Å². The zero-order chi connectivity index (χ0) is 20.8. The van der Waals surface area contributed by atoms with Crippen LogP contribution in [0.5, 0.6) is 0 Å². The van der Waals surface area contributed by atoms with Crippen LogP contribution < -0.4 is 0 Å². The van der Waals surface area contributed by atoms with Gasteiger partial charge in [0, 0.05) is 31.5 Å². The standard InChI is InChI=1S/C24H37NO4/c1-15-10-22-21(9-8-17(3)24(22,27)11-23(15)29-18(4)26)16(2)12-25-19-6-5-7-20(25)14-28-13-19/h10,16-17,19-23,27H,5-9,12-14H2,1-4H3/t16-,17-,19?,20?,21+,22-,23-,24-/m1/s1. The molecule has 0 aromatic carbocycles. The normalized spacial score (nSPS) is 43.8. The van der Waals surface area contributed by atoms with Gasteiger partial charge in [-0.25, -0.2) is 0 Å². The molecule has 0 aromatic heterocycles. The SMILES string of the molecule is CC(=O)O[C@@H]1[C][C@@]2(O)[C@H](C)CC[C@@H]([C@H](C)CN3C4CCCC3COC4)[C@H]2C=C1C. The Kier molecular flexibility index (Phi) is 6.12. The van der Waals surface area contributed by atoms with Gasteiger partial charge in [-0.05, 0) is 55.9 Å². The Morgan fingerprint density at radius 2 is 2.03 bits per heavy atom. The van der Waals surface area contributed by atoms with E-state index in [1.54, 1.807) is 0 Å². The molecule has 0 amide bonds. The predicted molar refractivity (Wildman–Crippen MR) is 111 cm³/mol. The summed E-state index contributed by atoms with van der Waals surface area (Å²) in [5, 5.41) is 11.7. The number of carbonyl (C=O) groups excluding carboxylic acids is 1. The zero-order valence-electron chi connectivity index (χ0n) is 18.4. The number of morpholine rings is 1. The summed E-state index contributed by atoms with van der Waals surface area (Å²) < 4.78 is 11.3. The fourth-order valence-electron chi connectivity index (χ4n) is 6.29. The number of hydrogen-bond donors (Lipinski definition) is 1. The molecular weight excluding hydrogens is 366 g/mol. The highest BCUT2D eigenvalue weighted by Crippen LogP contribution is 2.51. The Balaban J connectivity index is 1.53. The number of rotatable bonds is 4. The van der Waals surface area contributed by atoms with Crippen LogP contribution in [0.4, 0.5) is 0 Å². The number of nitrogens with zero attached hydrogens (tertiary/aromatic N) is 1. The number of aliphatic hydroxyl groups is 1. The highest BCUT2D eigenvalue weighted by molar-refractivity contribution is 5.66. The quantitative estimate of drug-likeness (QED) is 0.577. The van der Waals surface area contributed by atoms with Gasteiger partial charge in [0.15, 0.2) is 0 Å². The Morgan fingerprint density at radius 3 is 2.69 bits per heavy atom. The Hall–Kier alpha value is -0.910. The lowest BCUT2D eigenvalue weighted by atomic mass is 9.57. The van der Waals surface area contributed by atoms with Crippen LogP contribution in [0.3, 0.4) is 0 Å². The monoisotopic (exact) mass is 403 g/mol. The van der Waals surface area contributed by atoms with Crippen molar-refractivity contribution < 1.29 is 19.4 Å². The van der Waals surface area contributed by atoms with E-state index in [4.69, 9.17) is 9.47 Å². The topological polar surface area (TPSA) is 59.0 Å². The maximum absolute atomic E-state index is 11.7. The first-order chi connectivity index (χ1) is 13.8. The van der Waals surface area contributed by atoms with Crippen molar-refractivity contribution in [3.8, 4) is 0 Å². The van der Waals surface area contributed by atoms with E-state index in [2.05, 4.69) is 31.2 Å². The summed E-state index contributed by atoms with van der Waals surface area (Å²) in [6.45, 7) is 10.7. The minimum Gasteiger partial charge on any atom is -0.457 e. The Bertz CT molecular complexity index is 627. The fraction of sp³-hybridized carbons (Fsp3) is 0.833. The lowest BCUT2D eigenvalue weighted by Gasteiger charge is -2.54. The number of hydrogen-bond acceptors (Lipinski definition) is 5. The fourth-order valence-corrected chi connectivity index (χ4v) is 6.29. The molecule has 4 rings (SSSR count). The summed E-state index contributed by atoms with van der Waals surface area (Å²) in [5.41, 5.74) is -0.0399. The molecule has 4 aliphatic rings. The molecule has 5 nitrogen and oxygen atoms in total. The number of fused-ring (bicyclic) bond motifs is 3. The number of carbonyl (C=O) groups is 1. The largest absolute Gasteiger partial charge is 0.457 e. The molecule has 29 heavy (non-hydrogen) atoms. The Labute approximate surface area is 175 Å². The second kappa shape index (κ2) is 8.32. The molecule has 5 heteroatoms. The molecule has 2 aliphatic carbocycles. The van der Waals surface area contributed by atoms with Gasteiger partial charge in [-0.1, -0.05) is 26.3 Å². The average Bonchev–Trinajstić information content (AvgIpc) is 2.64. The van der Waals surface area contributed by atoms with Crippen LogP contribution in [0.1, 0.15) is 59.8 Å². The van der Waals surface area contributed by atoms with Crippen molar-refractivity contribution in [2.24, 2.45) is 23.7 Å². The van der Waals surface area contributed by atoms with E-state index in [-0.39, 0.29) is 17.8 Å². The maximum Gasteiger partial charge on any atom is 0.303 e. The first-order valence-corrected chi connectivity index (χ1v) is 11.5. The molecule has 2 radical (unpaired) electrons. The van der Waals surface area contributed by atoms with E-state index in [9.17, 15) is 9.90 Å². The van der Waals surface area contributed by atoms with Crippen molar-refractivity contribution in [2.75, 3.05) is 19.8 Å². The lowest BCUT2D eigenvalue weighted by Crippen LogP contribution is -2.59. The van der Waals surface area contributed by atoms with E-state index in [1.165, 1.54) is 26.2 Å². The van der Waals surface area contributed by atoms with Crippen LogP contribution in [0, 0.1) is 30.1 Å². The molecule has 2 heterocycles. The van der Waals surface area contributed by atoms with Gasteiger partial charge in [0.1, 0.15) is 6.10 Å². The first kappa shape index (κ1) is 21.3.